The average molecular weight is 331 g/mol. The van der Waals surface area contributed by atoms with Crippen molar-refractivity contribution in [3.8, 4) is 0 Å². The lowest BCUT2D eigenvalue weighted by Crippen LogP contribution is -2.48. The minimum atomic E-state index is -0.131. The van der Waals surface area contributed by atoms with E-state index >= 15 is 0 Å². The highest BCUT2D eigenvalue weighted by atomic mass is 35.5. The van der Waals surface area contributed by atoms with Crippen molar-refractivity contribution >= 4 is 23.2 Å². The van der Waals surface area contributed by atoms with Gasteiger partial charge in [0, 0.05) is 25.2 Å². The van der Waals surface area contributed by atoms with Crippen LogP contribution in [0, 0.1) is 0 Å². The van der Waals surface area contributed by atoms with E-state index in [1.54, 1.807) is 0 Å². The first-order chi connectivity index (χ1) is 9.83. The van der Waals surface area contributed by atoms with Gasteiger partial charge < -0.3 is 15.4 Å². The largest absolute Gasteiger partial charge is 0.373 e. The molecule has 0 amide bonds. The summed E-state index contributed by atoms with van der Waals surface area (Å²) >= 11 is 11.9. The van der Waals surface area contributed by atoms with E-state index in [4.69, 9.17) is 33.7 Å². The van der Waals surface area contributed by atoms with Gasteiger partial charge in [0.05, 0.1) is 22.8 Å². The Morgan fingerprint density at radius 1 is 1.24 bits per heavy atom. The summed E-state index contributed by atoms with van der Waals surface area (Å²) in [7, 11) is 0. The van der Waals surface area contributed by atoms with Crippen LogP contribution < -0.4 is 5.73 Å². The minimum Gasteiger partial charge on any atom is -0.373 e. The quantitative estimate of drug-likeness (QED) is 0.894. The zero-order chi connectivity index (χ0) is 15.5. The lowest BCUT2D eigenvalue weighted by Gasteiger charge is -2.35. The number of nitrogens with two attached hydrogens (primary N) is 1. The van der Waals surface area contributed by atoms with Crippen LogP contribution in [-0.2, 0) is 11.3 Å². The summed E-state index contributed by atoms with van der Waals surface area (Å²) in [6.07, 6.45) is 2.42. The van der Waals surface area contributed by atoms with Crippen LogP contribution in [0.2, 0.25) is 10.0 Å². The van der Waals surface area contributed by atoms with Gasteiger partial charge in [-0.1, -0.05) is 29.3 Å². The third kappa shape index (κ3) is 5.76. The monoisotopic (exact) mass is 330 g/mol. The number of piperidine rings is 1. The van der Waals surface area contributed by atoms with Crippen LogP contribution in [0.3, 0.4) is 0 Å². The van der Waals surface area contributed by atoms with E-state index in [0.29, 0.717) is 22.8 Å². The Morgan fingerprint density at radius 3 is 2.48 bits per heavy atom. The van der Waals surface area contributed by atoms with Crippen molar-refractivity contribution in [1.29, 1.82) is 0 Å². The topological polar surface area (TPSA) is 38.5 Å². The SMILES string of the molecule is CC(C)(N)CN1CCC(OCc2ccc(Cl)c(Cl)c2)CC1. The van der Waals surface area contributed by atoms with Gasteiger partial charge in [-0.05, 0) is 44.4 Å². The molecule has 1 aliphatic rings. The second-order valence-corrected chi connectivity index (χ2v) is 7.34. The van der Waals surface area contributed by atoms with Crippen LogP contribution in [-0.4, -0.2) is 36.2 Å². The highest BCUT2D eigenvalue weighted by Gasteiger charge is 2.23. The normalized spacial score (nSPS) is 18.1. The lowest BCUT2D eigenvalue weighted by atomic mass is 10.0. The van der Waals surface area contributed by atoms with Crippen molar-refractivity contribution in [3.05, 3.63) is 33.8 Å². The molecule has 1 heterocycles. The Balaban J connectivity index is 1.75. The summed E-state index contributed by atoms with van der Waals surface area (Å²) in [5.74, 6) is 0. The highest BCUT2D eigenvalue weighted by Crippen LogP contribution is 2.24. The molecule has 118 valence electrons. The number of benzene rings is 1. The van der Waals surface area contributed by atoms with Crippen molar-refractivity contribution in [3.63, 3.8) is 0 Å². The molecule has 0 saturated carbocycles. The van der Waals surface area contributed by atoms with E-state index in [1.165, 1.54) is 0 Å². The number of halogens is 2. The van der Waals surface area contributed by atoms with Crippen molar-refractivity contribution in [2.75, 3.05) is 19.6 Å². The molecule has 5 heteroatoms. The zero-order valence-electron chi connectivity index (χ0n) is 12.7. The first kappa shape index (κ1) is 17.0. The number of ether oxygens (including phenoxy) is 1. The van der Waals surface area contributed by atoms with Crippen LogP contribution >= 0.6 is 23.2 Å². The number of nitrogens with zero attached hydrogens (tertiary/aromatic N) is 1. The fraction of sp³-hybridized carbons (Fsp3) is 0.625. The third-order valence-corrected chi connectivity index (χ3v) is 4.37. The molecule has 0 atom stereocenters. The summed E-state index contributed by atoms with van der Waals surface area (Å²) in [5.41, 5.74) is 7.00. The zero-order valence-corrected chi connectivity index (χ0v) is 14.3. The first-order valence-corrected chi connectivity index (χ1v) is 8.16. The Labute approximate surface area is 137 Å². The maximum atomic E-state index is 6.07. The molecule has 1 aromatic carbocycles. The summed E-state index contributed by atoms with van der Waals surface area (Å²) in [6.45, 7) is 7.76. The molecular weight excluding hydrogens is 307 g/mol. The van der Waals surface area contributed by atoms with Crippen molar-refractivity contribution < 1.29 is 4.74 Å². The summed E-state index contributed by atoms with van der Waals surface area (Å²) < 4.78 is 5.98. The van der Waals surface area contributed by atoms with Crippen molar-refractivity contribution in [1.82, 2.24) is 4.90 Å². The first-order valence-electron chi connectivity index (χ1n) is 7.40. The Kier molecular flexibility index (Phi) is 5.92. The maximum absolute atomic E-state index is 6.07. The number of hydrogen-bond acceptors (Lipinski definition) is 3. The lowest BCUT2D eigenvalue weighted by molar-refractivity contribution is -0.00519. The van der Waals surface area contributed by atoms with Crippen molar-refractivity contribution in [2.24, 2.45) is 5.73 Å². The molecule has 0 bridgehead atoms. The molecule has 1 aromatic rings. The highest BCUT2D eigenvalue weighted by molar-refractivity contribution is 6.42. The van der Waals surface area contributed by atoms with Gasteiger partial charge in [0.1, 0.15) is 0 Å². The number of hydrogen-bond donors (Lipinski definition) is 1. The van der Waals surface area contributed by atoms with E-state index in [9.17, 15) is 0 Å². The smallest absolute Gasteiger partial charge is 0.0721 e. The van der Waals surface area contributed by atoms with Crippen LogP contribution in [0.4, 0.5) is 0 Å². The predicted molar refractivity (Wildman–Crippen MR) is 89.0 cm³/mol. The maximum Gasteiger partial charge on any atom is 0.0721 e. The third-order valence-electron chi connectivity index (χ3n) is 3.64. The predicted octanol–water partition coefficient (Wildman–Crippen LogP) is 3.71. The molecule has 0 aromatic heterocycles. The van der Waals surface area contributed by atoms with Gasteiger partial charge >= 0.3 is 0 Å². The van der Waals surface area contributed by atoms with E-state index in [0.717, 1.165) is 38.0 Å². The Morgan fingerprint density at radius 2 is 1.90 bits per heavy atom. The number of likely N-dealkylation sites (tertiary alicyclic amines) is 1. The van der Waals surface area contributed by atoms with Gasteiger partial charge in [-0.25, -0.2) is 0 Å². The Hall–Kier alpha value is -0.320. The van der Waals surface area contributed by atoms with Crippen LogP contribution in [0.25, 0.3) is 0 Å². The van der Waals surface area contributed by atoms with Gasteiger partial charge in [0.15, 0.2) is 0 Å². The molecule has 0 aliphatic carbocycles. The molecule has 0 radical (unpaired) electrons. The minimum absolute atomic E-state index is 0.131. The van der Waals surface area contributed by atoms with E-state index in [2.05, 4.69) is 18.7 Å². The second-order valence-electron chi connectivity index (χ2n) is 6.52. The number of rotatable bonds is 5. The molecular formula is C16H24Cl2N2O. The molecule has 1 fully saturated rings. The van der Waals surface area contributed by atoms with Gasteiger partial charge in [-0.2, -0.15) is 0 Å². The summed E-state index contributed by atoms with van der Waals surface area (Å²) in [4.78, 5) is 2.42. The molecule has 0 spiro atoms. The molecule has 0 unspecified atom stereocenters. The molecule has 2 rings (SSSR count). The van der Waals surface area contributed by atoms with Gasteiger partial charge in [0.25, 0.3) is 0 Å². The average Bonchev–Trinajstić information content (AvgIpc) is 2.40. The van der Waals surface area contributed by atoms with Crippen molar-refractivity contribution in [2.45, 2.75) is 44.9 Å². The molecule has 1 saturated heterocycles. The summed E-state index contributed by atoms with van der Waals surface area (Å²) in [6, 6.07) is 5.64. The van der Waals surface area contributed by atoms with E-state index in [-0.39, 0.29) is 5.54 Å². The van der Waals surface area contributed by atoms with E-state index in [1.807, 2.05) is 18.2 Å². The Bertz CT molecular complexity index is 466. The molecule has 2 N–H and O–H groups in total. The summed E-state index contributed by atoms with van der Waals surface area (Å²) in [5, 5.41) is 1.16. The van der Waals surface area contributed by atoms with Gasteiger partial charge in [-0.15, -0.1) is 0 Å². The standard InChI is InChI=1S/C16H24Cl2N2O/c1-16(2,19)11-20-7-5-13(6-8-20)21-10-12-3-4-14(17)15(18)9-12/h3-4,9,13H,5-8,10-11,19H2,1-2H3. The van der Waals surface area contributed by atoms with Gasteiger partial charge in [0.2, 0.25) is 0 Å². The van der Waals surface area contributed by atoms with Crippen LogP contribution in [0.15, 0.2) is 18.2 Å². The fourth-order valence-corrected chi connectivity index (χ4v) is 2.97. The van der Waals surface area contributed by atoms with Gasteiger partial charge in [-0.3, -0.25) is 0 Å². The molecule has 21 heavy (non-hydrogen) atoms. The second kappa shape index (κ2) is 7.30. The van der Waals surface area contributed by atoms with E-state index < -0.39 is 0 Å². The molecule has 1 aliphatic heterocycles. The van der Waals surface area contributed by atoms with Crippen LogP contribution in [0.5, 0.6) is 0 Å². The van der Waals surface area contributed by atoms with Crippen LogP contribution in [0.1, 0.15) is 32.3 Å². The fourth-order valence-electron chi connectivity index (χ4n) is 2.65. The molecule has 3 nitrogen and oxygen atoms in total.